The van der Waals surface area contributed by atoms with Crippen molar-refractivity contribution in [1.82, 2.24) is 14.6 Å². The van der Waals surface area contributed by atoms with Crippen molar-refractivity contribution >= 4 is 17.3 Å². The Hall–Kier alpha value is -1.82. The van der Waals surface area contributed by atoms with Gasteiger partial charge >= 0.3 is 0 Å². The number of hydrogen-bond acceptors (Lipinski definition) is 5. The fraction of sp³-hybridized carbons (Fsp3) is 0.500. The first-order chi connectivity index (χ1) is 8.74. The molecule has 98 valence electrons. The SMILES string of the molecule is CCCC[C@H](CO)Nc1cc(N)nc2ccnn12. The summed E-state index contributed by atoms with van der Waals surface area (Å²) in [5.41, 5.74) is 6.45. The molecule has 0 fully saturated rings. The zero-order valence-electron chi connectivity index (χ0n) is 10.5. The zero-order valence-corrected chi connectivity index (χ0v) is 10.5. The van der Waals surface area contributed by atoms with Gasteiger partial charge in [0.1, 0.15) is 11.6 Å². The lowest BCUT2D eigenvalue weighted by Gasteiger charge is -2.18. The van der Waals surface area contributed by atoms with Crippen LogP contribution in [0.2, 0.25) is 0 Å². The number of nitrogens with one attached hydrogen (secondary N) is 1. The molecule has 0 radical (unpaired) electrons. The van der Waals surface area contributed by atoms with E-state index in [1.54, 1.807) is 22.8 Å². The second-order valence-electron chi connectivity index (χ2n) is 4.33. The fourth-order valence-corrected chi connectivity index (χ4v) is 1.90. The molecule has 0 amide bonds. The van der Waals surface area contributed by atoms with Crippen molar-refractivity contribution < 1.29 is 5.11 Å². The van der Waals surface area contributed by atoms with Gasteiger partial charge in [0.15, 0.2) is 5.65 Å². The Labute approximate surface area is 106 Å². The van der Waals surface area contributed by atoms with Crippen molar-refractivity contribution in [2.24, 2.45) is 0 Å². The number of aliphatic hydroxyl groups is 1. The Balaban J connectivity index is 2.21. The van der Waals surface area contributed by atoms with Crippen LogP contribution in [0.3, 0.4) is 0 Å². The van der Waals surface area contributed by atoms with Crippen molar-refractivity contribution in [1.29, 1.82) is 0 Å². The van der Waals surface area contributed by atoms with Gasteiger partial charge in [-0.15, -0.1) is 0 Å². The molecule has 0 aromatic carbocycles. The average molecular weight is 249 g/mol. The minimum atomic E-state index is 0.0131. The van der Waals surface area contributed by atoms with Crippen LogP contribution in [0.4, 0.5) is 11.6 Å². The number of aliphatic hydroxyl groups excluding tert-OH is 1. The van der Waals surface area contributed by atoms with Gasteiger partial charge in [-0.2, -0.15) is 9.61 Å². The van der Waals surface area contributed by atoms with E-state index in [0.717, 1.165) is 25.1 Å². The van der Waals surface area contributed by atoms with Crippen molar-refractivity contribution in [3.8, 4) is 0 Å². The molecule has 4 N–H and O–H groups in total. The van der Waals surface area contributed by atoms with Gasteiger partial charge < -0.3 is 16.2 Å². The summed E-state index contributed by atoms with van der Waals surface area (Å²) < 4.78 is 1.69. The maximum atomic E-state index is 9.37. The van der Waals surface area contributed by atoms with Crippen molar-refractivity contribution in [2.45, 2.75) is 32.2 Å². The summed E-state index contributed by atoms with van der Waals surface area (Å²) in [4.78, 5) is 4.17. The Morgan fingerprint density at radius 1 is 1.56 bits per heavy atom. The third-order valence-electron chi connectivity index (χ3n) is 2.86. The van der Waals surface area contributed by atoms with Crippen LogP contribution >= 0.6 is 0 Å². The number of hydrogen-bond donors (Lipinski definition) is 3. The van der Waals surface area contributed by atoms with Gasteiger partial charge in [-0.25, -0.2) is 4.98 Å². The van der Waals surface area contributed by atoms with E-state index in [0.29, 0.717) is 11.5 Å². The van der Waals surface area contributed by atoms with Crippen LogP contribution in [-0.2, 0) is 0 Å². The highest BCUT2D eigenvalue weighted by atomic mass is 16.3. The van der Waals surface area contributed by atoms with Crippen LogP contribution in [-0.4, -0.2) is 32.4 Å². The molecule has 0 spiro atoms. The quantitative estimate of drug-likeness (QED) is 0.717. The number of anilines is 2. The summed E-state index contributed by atoms with van der Waals surface area (Å²) in [7, 11) is 0. The van der Waals surface area contributed by atoms with E-state index >= 15 is 0 Å². The van der Waals surface area contributed by atoms with Gasteiger partial charge in [0.2, 0.25) is 0 Å². The maximum absolute atomic E-state index is 9.37. The standard InChI is InChI=1S/C12H19N5O/c1-2-3-4-9(8-18)15-12-7-10(13)16-11-5-6-14-17(11)12/h5-7,9,15,18H,2-4,8H2,1H3,(H2,13,16)/t9-/m1/s1. The molecule has 0 aliphatic carbocycles. The van der Waals surface area contributed by atoms with Crippen molar-refractivity contribution in [3.63, 3.8) is 0 Å². The molecule has 2 aromatic heterocycles. The highest BCUT2D eigenvalue weighted by Crippen LogP contribution is 2.15. The number of aromatic nitrogens is 3. The number of unbranched alkanes of at least 4 members (excludes halogenated alkanes) is 1. The molecule has 0 saturated heterocycles. The Kier molecular flexibility index (Phi) is 3.99. The van der Waals surface area contributed by atoms with Crippen molar-refractivity contribution in [2.75, 3.05) is 17.7 Å². The lowest BCUT2D eigenvalue weighted by molar-refractivity contribution is 0.266. The van der Waals surface area contributed by atoms with Crippen LogP contribution in [0.15, 0.2) is 18.3 Å². The van der Waals surface area contributed by atoms with Gasteiger partial charge in [-0.05, 0) is 6.42 Å². The van der Waals surface area contributed by atoms with Crippen LogP contribution in [0.5, 0.6) is 0 Å². The number of nitrogen functional groups attached to an aromatic ring is 1. The number of rotatable bonds is 6. The van der Waals surface area contributed by atoms with E-state index in [1.807, 2.05) is 0 Å². The van der Waals surface area contributed by atoms with E-state index in [9.17, 15) is 5.11 Å². The molecule has 1 atom stereocenters. The first-order valence-corrected chi connectivity index (χ1v) is 6.22. The highest BCUT2D eigenvalue weighted by molar-refractivity contribution is 5.55. The van der Waals surface area contributed by atoms with Crippen LogP contribution in [0.1, 0.15) is 26.2 Å². The molecule has 18 heavy (non-hydrogen) atoms. The third-order valence-corrected chi connectivity index (χ3v) is 2.86. The first-order valence-electron chi connectivity index (χ1n) is 6.22. The van der Waals surface area contributed by atoms with Gasteiger partial charge in [0, 0.05) is 12.1 Å². The predicted octanol–water partition coefficient (Wildman–Crippen LogP) is 1.27. The largest absolute Gasteiger partial charge is 0.394 e. The molecule has 0 unspecified atom stereocenters. The maximum Gasteiger partial charge on any atom is 0.159 e. The Morgan fingerprint density at radius 3 is 3.11 bits per heavy atom. The molecule has 6 nitrogen and oxygen atoms in total. The monoisotopic (exact) mass is 249 g/mol. The lowest BCUT2D eigenvalue weighted by Crippen LogP contribution is -2.25. The van der Waals surface area contributed by atoms with Crippen molar-refractivity contribution in [3.05, 3.63) is 18.3 Å². The molecule has 0 aliphatic heterocycles. The van der Waals surface area contributed by atoms with Gasteiger partial charge in [-0.3, -0.25) is 0 Å². The average Bonchev–Trinajstić information content (AvgIpc) is 2.82. The van der Waals surface area contributed by atoms with E-state index < -0.39 is 0 Å². The van der Waals surface area contributed by atoms with Gasteiger partial charge in [0.05, 0.1) is 18.8 Å². The zero-order chi connectivity index (χ0) is 13.0. The smallest absolute Gasteiger partial charge is 0.159 e. The van der Waals surface area contributed by atoms with Gasteiger partial charge in [-0.1, -0.05) is 19.8 Å². The summed E-state index contributed by atoms with van der Waals surface area (Å²) in [6.45, 7) is 2.22. The highest BCUT2D eigenvalue weighted by Gasteiger charge is 2.10. The molecule has 2 rings (SSSR count). The van der Waals surface area contributed by atoms with E-state index in [4.69, 9.17) is 5.73 Å². The summed E-state index contributed by atoms with van der Waals surface area (Å²) in [5.74, 6) is 1.20. The topological polar surface area (TPSA) is 88.5 Å². The lowest BCUT2D eigenvalue weighted by atomic mass is 10.1. The molecule has 6 heteroatoms. The van der Waals surface area contributed by atoms with E-state index in [2.05, 4.69) is 22.3 Å². The molecule has 0 saturated carbocycles. The van der Waals surface area contributed by atoms with Crippen LogP contribution in [0.25, 0.3) is 5.65 Å². The Morgan fingerprint density at radius 2 is 2.39 bits per heavy atom. The van der Waals surface area contributed by atoms with Crippen LogP contribution < -0.4 is 11.1 Å². The molecule has 0 bridgehead atoms. The fourth-order valence-electron chi connectivity index (χ4n) is 1.90. The van der Waals surface area contributed by atoms with Gasteiger partial charge in [0.25, 0.3) is 0 Å². The van der Waals surface area contributed by atoms with E-state index in [-0.39, 0.29) is 12.6 Å². The van der Waals surface area contributed by atoms with E-state index in [1.165, 1.54) is 0 Å². The Bertz CT molecular complexity index is 510. The summed E-state index contributed by atoms with van der Waals surface area (Å²) in [5, 5.41) is 16.8. The molecular weight excluding hydrogens is 230 g/mol. The minimum absolute atomic E-state index is 0.0131. The molecule has 2 aromatic rings. The summed E-state index contributed by atoms with van der Waals surface area (Å²) >= 11 is 0. The third kappa shape index (κ3) is 2.70. The molecule has 0 aliphatic rings. The first kappa shape index (κ1) is 12.6. The summed E-state index contributed by atoms with van der Waals surface area (Å²) in [6.07, 6.45) is 4.76. The second kappa shape index (κ2) is 5.68. The number of nitrogens with two attached hydrogens (primary N) is 1. The van der Waals surface area contributed by atoms with Crippen LogP contribution in [0, 0.1) is 0 Å². The normalized spacial score (nSPS) is 12.8. The second-order valence-corrected chi connectivity index (χ2v) is 4.33. The predicted molar refractivity (Wildman–Crippen MR) is 71.4 cm³/mol. The minimum Gasteiger partial charge on any atom is -0.394 e. The number of nitrogens with zero attached hydrogens (tertiary/aromatic N) is 3. The number of fused-ring (bicyclic) bond motifs is 1. The molecule has 2 heterocycles. The summed E-state index contributed by atoms with van der Waals surface area (Å²) in [6, 6.07) is 3.54. The molecular formula is C12H19N5O.